The molecule has 0 fully saturated rings. The summed E-state index contributed by atoms with van der Waals surface area (Å²) in [5.74, 6) is 2.61. The summed E-state index contributed by atoms with van der Waals surface area (Å²) in [5, 5.41) is 1.01. The molecule has 1 aliphatic rings. The van der Waals surface area contributed by atoms with Crippen LogP contribution in [0.3, 0.4) is 0 Å². The lowest BCUT2D eigenvalue weighted by Crippen LogP contribution is -2.11. The highest BCUT2D eigenvalue weighted by Gasteiger charge is 2.12. The van der Waals surface area contributed by atoms with Crippen LogP contribution in [0.25, 0.3) is 0 Å². The second kappa shape index (κ2) is 6.01. The van der Waals surface area contributed by atoms with Crippen molar-refractivity contribution in [2.24, 2.45) is 4.99 Å². The van der Waals surface area contributed by atoms with Gasteiger partial charge in [0.15, 0.2) is 0 Å². The van der Waals surface area contributed by atoms with Gasteiger partial charge in [-0.25, -0.2) is 4.99 Å². The number of benzene rings is 2. The van der Waals surface area contributed by atoms with Crippen molar-refractivity contribution in [3.8, 4) is 11.5 Å². The largest absolute Gasteiger partial charge is 0.497 e. The maximum absolute atomic E-state index is 5.69. The molecule has 0 unspecified atom stereocenters. The number of aliphatic imine (C=N–C) groups is 1. The van der Waals surface area contributed by atoms with Crippen molar-refractivity contribution in [3.63, 3.8) is 0 Å². The Morgan fingerprint density at radius 3 is 3.00 bits per heavy atom. The highest BCUT2D eigenvalue weighted by Crippen LogP contribution is 2.32. The zero-order valence-corrected chi connectivity index (χ0v) is 12.0. The molecule has 0 aromatic heterocycles. The number of para-hydroxylation sites is 2. The molecule has 0 spiro atoms. The molecule has 20 heavy (non-hydrogen) atoms. The van der Waals surface area contributed by atoms with Crippen LogP contribution in [-0.2, 0) is 5.75 Å². The van der Waals surface area contributed by atoms with Crippen LogP contribution in [-0.4, -0.2) is 18.8 Å². The number of thioether (sulfide) groups is 1. The van der Waals surface area contributed by atoms with Crippen LogP contribution in [0.1, 0.15) is 5.56 Å². The molecule has 0 saturated carbocycles. The van der Waals surface area contributed by atoms with Gasteiger partial charge in [-0.05, 0) is 29.8 Å². The number of methoxy groups -OCH3 is 1. The third-order valence-corrected chi connectivity index (χ3v) is 4.02. The Kier molecular flexibility index (Phi) is 3.92. The van der Waals surface area contributed by atoms with E-state index in [2.05, 4.69) is 11.1 Å². The Bertz CT molecular complexity index is 640. The van der Waals surface area contributed by atoms with Crippen LogP contribution in [0.15, 0.2) is 53.5 Å². The standard InChI is InChI=1S/C16H15NO2S/c1-18-13-6-4-5-12(9-13)11-20-16-10-19-15-8-3-2-7-14(15)17-16/h2-9H,10-11H2,1H3. The summed E-state index contributed by atoms with van der Waals surface area (Å²) in [6.45, 7) is 0.547. The monoisotopic (exact) mass is 285 g/mol. The van der Waals surface area contributed by atoms with Crippen LogP contribution in [0.2, 0.25) is 0 Å². The molecule has 0 N–H and O–H groups in total. The maximum Gasteiger partial charge on any atom is 0.145 e. The molecule has 3 rings (SSSR count). The fraction of sp³-hybridized carbons (Fsp3) is 0.188. The zero-order valence-electron chi connectivity index (χ0n) is 11.2. The minimum atomic E-state index is 0.547. The van der Waals surface area contributed by atoms with E-state index in [1.165, 1.54) is 5.56 Å². The molecule has 0 amide bonds. The lowest BCUT2D eigenvalue weighted by atomic mass is 10.2. The van der Waals surface area contributed by atoms with Crippen molar-refractivity contribution in [2.75, 3.05) is 13.7 Å². The van der Waals surface area contributed by atoms with E-state index in [0.717, 1.165) is 28.0 Å². The van der Waals surface area contributed by atoms with Gasteiger partial charge in [-0.15, -0.1) is 11.8 Å². The summed E-state index contributed by atoms with van der Waals surface area (Å²) in [6.07, 6.45) is 0. The summed E-state index contributed by atoms with van der Waals surface area (Å²) in [4.78, 5) is 4.63. The number of ether oxygens (including phenoxy) is 2. The molecular weight excluding hydrogens is 270 g/mol. The summed E-state index contributed by atoms with van der Waals surface area (Å²) in [6, 6.07) is 15.9. The lowest BCUT2D eigenvalue weighted by Gasteiger charge is -2.16. The Morgan fingerprint density at radius 1 is 1.20 bits per heavy atom. The molecule has 2 aromatic rings. The van der Waals surface area contributed by atoms with E-state index >= 15 is 0 Å². The van der Waals surface area contributed by atoms with Gasteiger partial charge in [0.1, 0.15) is 28.8 Å². The molecule has 102 valence electrons. The Morgan fingerprint density at radius 2 is 2.10 bits per heavy atom. The summed E-state index contributed by atoms with van der Waals surface area (Å²) in [7, 11) is 1.68. The van der Waals surface area contributed by atoms with E-state index in [1.54, 1.807) is 18.9 Å². The molecule has 0 saturated heterocycles. The average molecular weight is 285 g/mol. The number of nitrogens with zero attached hydrogens (tertiary/aromatic N) is 1. The van der Waals surface area contributed by atoms with Crippen LogP contribution < -0.4 is 9.47 Å². The van der Waals surface area contributed by atoms with Gasteiger partial charge >= 0.3 is 0 Å². The van der Waals surface area contributed by atoms with Gasteiger partial charge in [0.2, 0.25) is 0 Å². The molecule has 1 aliphatic heterocycles. The Balaban J connectivity index is 1.69. The first kappa shape index (κ1) is 13.1. The molecule has 0 bridgehead atoms. The van der Waals surface area contributed by atoms with Gasteiger partial charge < -0.3 is 9.47 Å². The van der Waals surface area contributed by atoms with Crippen molar-refractivity contribution in [1.82, 2.24) is 0 Å². The number of fused-ring (bicyclic) bond motifs is 1. The average Bonchev–Trinajstić information content (AvgIpc) is 2.53. The molecule has 0 radical (unpaired) electrons. The first-order chi connectivity index (χ1) is 9.85. The van der Waals surface area contributed by atoms with Crippen LogP contribution in [0.5, 0.6) is 11.5 Å². The molecule has 3 nitrogen and oxygen atoms in total. The second-order valence-corrected chi connectivity index (χ2v) is 5.45. The van der Waals surface area contributed by atoms with Crippen LogP contribution >= 0.6 is 11.8 Å². The first-order valence-corrected chi connectivity index (χ1v) is 7.39. The smallest absolute Gasteiger partial charge is 0.145 e. The maximum atomic E-state index is 5.69. The predicted molar refractivity (Wildman–Crippen MR) is 83.3 cm³/mol. The summed E-state index contributed by atoms with van der Waals surface area (Å²) < 4.78 is 10.9. The van der Waals surface area contributed by atoms with Crippen LogP contribution in [0, 0.1) is 0 Å². The van der Waals surface area contributed by atoms with E-state index in [1.807, 2.05) is 42.5 Å². The van der Waals surface area contributed by atoms with Crippen molar-refractivity contribution < 1.29 is 9.47 Å². The fourth-order valence-corrected chi connectivity index (χ4v) is 2.80. The molecular formula is C16H15NO2S. The van der Waals surface area contributed by atoms with Crippen molar-refractivity contribution in [3.05, 3.63) is 54.1 Å². The van der Waals surface area contributed by atoms with Gasteiger partial charge in [0.25, 0.3) is 0 Å². The van der Waals surface area contributed by atoms with E-state index in [0.29, 0.717) is 6.61 Å². The second-order valence-electron chi connectivity index (χ2n) is 4.40. The zero-order chi connectivity index (χ0) is 13.8. The quantitative estimate of drug-likeness (QED) is 0.852. The molecule has 0 aliphatic carbocycles. The summed E-state index contributed by atoms with van der Waals surface area (Å²) in [5.41, 5.74) is 2.13. The van der Waals surface area contributed by atoms with E-state index in [9.17, 15) is 0 Å². The number of hydrogen-bond acceptors (Lipinski definition) is 4. The van der Waals surface area contributed by atoms with Gasteiger partial charge in [-0.3, -0.25) is 0 Å². The molecule has 0 atom stereocenters. The van der Waals surface area contributed by atoms with Crippen molar-refractivity contribution in [1.29, 1.82) is 0 Å². The minimum absolute atomic E-state index is 0.547. The SMILES string of the molecule is COc1cccc(CSC2=Nc3ccccc3OC2)c1. The third kappa shape index (κ3) is 2.96. The van der Waals surface area contributed by atoms with E-state index in [4.69, 9.17) is 9.47 Å². The van der Waals surface area contributed by atoms with Gasteiger partial charge in [-0.1, -0.05) is 24.3 Å². The lowest BCUT2D eigenvalue weighted by molar-refractivity contribution is 0.375. The van der Waals surface area contributed by atoms with Gasteiger partial charge in [-0.2, -0.15) is 0 Å². The highest BCUT2D eigenvalue weighted by molar-refractivity contribution is 8.13. The van der Waals surface area contributed by atoms with Gasteiger partial charge in [0, 0.05) is 5.75 Å². The molecule has 2 aromatic carbocycles. The third-order valence-electron chi connectivity index (χ3n) is 3.00. The summed E-state index contributed by atoms with van der Waals surface area (Å²) >= 11 is 1.70. The van der Waals surface area contributed by atoms with Gasteiger partial charge in [0.05, 0.1) is 7.11 Å². The van der Waals surface area contributed by atoms with Crippen molar-refractivity contribution >= 4 is 22.5 Å². The first-order valence-electron chi connectivity index (χ1n) is 6.40. The normalized spacial score (nSPS) is 13.2. The predicted octanol–water partition coefficient (Wildman–Crippen LogP) is 4.05. The van der Waals surface area contributed by atoms with E-state index < -0.39 is 0 Å². The fourth-order valence-electron chi connectivity index (χ4n) is 1.98. The topological polar surface area (TPSA) is 30.8 Å². The number of hydrogen-bond donors (Lipinski definition) is 0. The van der Waals surface area contributed by atoms with Crippen LogP contribution in [0.4, 0.5) is 5.69 Å². The molecule has 1 heterocycles. The highest BCUT2D eigenvalue weighted by atomic mass is 32.2. The minimum Gasteiger partial charge on any atom is -0.497 e. The number of rotatable bonds is 3. The van der Waals surface area contributed by atoms with Crippen molar-refractivity contribution in [2.45, 2.75) is 5.75 Å². The van der Waals surface area contributed by atoms with E-state index in [-0.39, 0.29) is 0 Å². The Labute approximate surface area is 122 Å². The molecule has 4 heteroatoms. The Hall–Kier alpha value is -1.94.